The van der Waals surface area contributed by atoms with Gasteiger partial charge < -0.3 is 0 Å². The lowest BCUT2D eigenvalue weighted by Gasteiger charge is -2.04. The first-order valence-electron chi connectivity index (χ1n) is 7.63. The van der Waals surface area contributed by atoms with Crippen LogP contribution in [0.3, 0.4) is 0 Å². The Kier molecular flexibility index (Phi) is 5.48. The minimum atomic E-state index is 0.866. The van der Waals surface area contributed by atoms with Gasteiger partial charge in [0.1, 0.15) is 0 Å². The summed E-state index contributed by atoms with van der Waals surface area (Å²) in [7, 11) is 0. The van der Waals surface area contributed by atoms with Crippen molar-refractivity contribution in [3.63, 3.8) is 0 Å². The maximum atomic E-state index is 4.59. The lowest BCUT2D eigenvalue weighted by molar-refractivity contribution is 0.935. The normalized spacial score (nSPS) is 12.8. The molecule has 3 nitrogen and oxygen atoms in total. The highest BCUT2D eigenvalue weighted by molar-refractivity contribution is 5.76. The molecule has 0 aromatic carbocycles. The minimum Gasteiger partial charge on any atom is -0.236 e. The van der Waals surface area contributed by atoms with E-state index >= 15 is 0 Å². The fourth-order valence-corrected chi connectivity index (χ4v) is 2.37. The van der Waals surface area contributed by atoms with E-state index in [9.17, 15) is 0 Å². The minimum absolute atomic E-state index is 0.866. The second-order valence-corrected chi connectivity index (χ2v) is 5.12. The highest BCUT2D eigenvalue weighted by Gasteiger charge is 2.09. The summed E-state index contributed by atoms with van der Waals surface area (Å²) in [5.41, 5.74) is 5.17. The molecule has 0 saturated carbocycles. The molecule has 2 rings (SSSR count). The van der Waals surface area contributed by atoms with Gasteiger partial charge in [-0.1, -0.05) is 37.0 Å². The van der Waals surface area contributed by atoms with Gasteiger partial charge in [-0.2, -0.15) is 5.10 Å². The zero-order chi connectivity index (χ0) is 15.9. The Morgan fingerprint density at radius 1 is 1.23 bits per heavy atom. The van der Waals surface area contributed by atoms with Crippen LogP contribution in [0.1, 0.15) is 44.7 Å². The molecule has 0 atom stereocenters. The highest BCUT2D eigenvalue weighted by atomic mass is 15.2. The molecule has 0 spiro atoms. The first-order valence-corrected chi connectivity index (χ1v) is 7.63. The summed E-state index contributed by atoms with van der Waals surface area (Å²) >= 11 is 0. The van der Waals surface area contributed by atoms with Crippen LogP contribution < -0.4 is 0 Å². The average Bonchev–Trinajstić information content (AvgIpc) is 2.95. The summed E-state index contributed by atoms with van der Waals surface area (Å²) in [6.07, 6.45) is 18.1. The maximum Gasteiger partial charge on any atom is 0.162 e. The molecular weight excluding hydrogens is 270 g/mol. The molecule has 2 heterocycles. The molecule has 114 valence electrons. The Labute approximate surface area is 132 Å². The number of fused-ring (bicyclic) bond motifs is 1. The first-order chi connectivity index (χ1) is 10.7. The van der Waals surface area contributed by atoms with Crippen LogP contribution in [0, 0.1) is 0 Å². The molecular formula is C19H23N3. The molecule has 0 aliphatic heterocycles. The average molecular weight is 293 g/mol. The third kappa shape index (κ3) is 3.42. The zero-order valence-electron chi connectivity index (χ0n) is 13.6. The van der Waals surface area contributed by atoms with Crippen LogP contribution in [0.5, 0.6) is 0 Å². The number of hydrogen-bond acceptors (Lipinski definition) is 2. The summed E-state index contributed by atoms with van der Waals surface area (Å²) in [5, 5.41) is 4.43. The topological polar surface area (TPSA) is 30.2 Å². The number of nitrogens with zero attached hydrogens (tertiary/aromatic N) is 3. The maximum absolute atomic E-state index is 4.59. The van der Waals surface area contributed by atoms with Crippen molar-refractivity contribution in [2.75, 3.05) is 0 Å². The Morgan fingerprint density at radius 3 is 2.73 bits per heavy atom. The summed E-state index contributed by atoms with van der Waals surface area (Å²) < 4.78 is 1.83. The lowest BCUT2D eigenvalue weighted by atomic mass is 10.1. The number of rotatable bonds is 6. The Bertz CT molecular complexity index is 745. The quantitative estimate of drug-likeness (QED) is 0.549. The van der Waals surface area contributed by atoms with Gasteiger partial charge in [0.05, 0.1) is 6.20 Å². The van der Waals surface area contributed by atoms with E-state index in [0.29, 0.717) is 0 Å². The van der Waals surface area contributed by atoms with Gasteiger partial charge in [0.2, 0.25) is 0 Å². The van der Waals surface area contributed by atoms with E-state index in [1.807, 2.05) is 50.0 Å². The van der Waals surface area contributed by atoms with Crippen molar-refractivity contribution < 1.29 is 0 Å². The Balaban J connectivity index is 2.32. The SMILES string of the molecule is C=C(CC/C=C\C)c1cnn2cc(C(/C=C\C)=C/C)cnc12. The summed E-state index contributed by atoms with van der Waals surface area (Å²) in [6.45, 7) is 10.2. The van der Waals surface area contributed by atoms with Crippen LogP contribution >= 0.6 is 0 Å². The fourth-order valence-electron chi connectivity index (χ4n) is 2.37. The predicted molar refractivity (Wildman–Crippen MR) is 94.5 cm³/mol. The summed E-state index contributed by atoms with van der Waals surface area (Å²) in [4.78, 5) is 4.59. The van der Waals surface area contributed by atoms with Gasteiger partial charge in [0.15, 0.2) is 5.65 Å². The van der Waals surface area contributed by atoms with Gasteiger partial charge in [-0.3, -0.25) is 0 Å². The van der Waals surface area contributed by atoms with Crippen LogP contribution in [0.4, 0.5) is 0 Å². The third-order valence-electron chi connectivity index (χ3n) is 3.58. The summed E-state index contributed by atoms with van der Waals surface area (Å²) in [5.74, 6) is 0. The number of allylic oxidation sites excluding steroid dienone is 7. The monoisotopic (exact) mass is 293 g/mol. The van der Waals surface area contributed by atoms with Crippen molar-refractivity contribution in [1.29, 1.82) is 0 Å². The van der Waals surface area contributed by atoms with Crippen molar-refractivity contribution in [1.82, 2.24) is 14.6 Å². The molecule has 0 aliphatic carbocycles. The second kappa shape index (κ2) is 7.55. The van der Waals surface area contributed by atoms with Gasteiger partial charge in [-0.05, 0) is 44.8 Å². The van der Waals surface area contributed by atoms with E-state index in [1.54, 1.807) is 0 Å². The molecule has 3 heteroatoms. The molecule has 2 aromatic rings. The smallest absolute Gasteiger partial charge is 0.162 e. The molecule has 0 radical (unpaired) electrons. The first kappa shape index (κ1) is 16.0. The molecule has 0 fully saturated rings. The van der Waals surface area contributed by atoms with Crippen LogP contribution in [-0.4, -0.2) is 14.6 Å². The van der Waals surface area contributed by atoms with Crippen molar-refractivity contribution in [3.8, 4) is 0 Å². The van der Waals surface area contributed by atoms with Crippen LogP contribution in [0.25, 0.3) is 16.8 Å². The molecule has 0 unspecified atom stereocenters. The van der Waals surface area contributed by atoms with Crippen LogP contribution in [0.2, 0.25) is 0 Å². The number of hydrogen-bond donors (Lipinski definition) is 0. The van der Waals surface area contributed by atoms with Crippen molar-refractivity contribution in [2.45, 2.75) is 33.6 Å². The van der Waals surface area contributed by atoms with Crippen molar-refractivity contribution in [3.05, 3.63) is 66.7 Å². The molecule has 0 aliphatic rings. The van der Waals surface area contributed by atoms with E-state index in [1.165, 1.54) is 0 Å². The van der Waals surface area contributed by atoms with E-state index < -0.39 is 0 Å². The molecule has 0 amide bonds. The molecule has 22 heavy (non-hydrogen) atoms. The van der Waals surface area contributed by atoms with Gasteiger partial charge in [0.25, 0.3) is 0 Å². The molecule has 2 aromatic heterocycles. The van der Waals surface area contributed by atoms with E-state index in [0.717, 1.165) is 40.8 Å². The van der Waals surface area contributed by atoms with Crippen LogP contribution in [0.15, 0.2) is 55.5 Å². The van der Waals surface area contributed by atoms with E-state index in [4.69, 9.17) is 0 Å². The zero-order valence-corrected chi connectivity index (χ0v) is 13.6. The van der Waals surface area contributed by atoms with Crippen molar-refractivity contribution >= 4 is 16.8 Å². The second-order valence-electron chi connectivity index (χ2n) is 5.12. The molecule has 0 bridgehead atoms. The van der Waals surface area contributed by atoms with Gasteiger partial charge in [-0.25, -0.2) is 9.50 Å². The highest BCUT2D eigenvalue weighted by Crippen LogP contribution is 2.23. The predicted octanol–water partition coefficient (Wildman–Crippen LogP) is 5.08. The largest absolute Gasteiger partial charge is 0.236 e. The van der Waals surface area contributed by atoms with Gasteiger partial charge >= 0.3 is 0 Å². The molecule has 0 saturated heterocycles. The van der Waals surface area contributed by atoms with Crippen LogP contribution in [-0.2, 0) is 0 Å². The fraction of sp³-hybridized carbons (Fsp3) is 0.263. The van der Waals surface area contributed by atoms with E-state index in [2.05, 4.69) is 41.0 Å². The number of aromatic nitrogens is 3. The van der Waals surface area contributed by atoms with E-state index in [-0.39, 0.29) is 0 Å². The Hall–Kier alpha value is -2.42. The van der Waals surface area contributed by atoms with Gasteiger partial charge in [0, 0.05) is 23.5 Å². The van der Waals surface area contributed by atoms with Gasteiger partial charge in [-0.15, -0.1) is 0 Å². The molecule has 0 N–H and O–H groups in total. The Morgan fingerprint density at radius 2 is 2.05 bits per heavy atom. The lowest BCUT2D eigenvalue weighted by Crippen LogP contribution is -1.94. The summed E-state index contributed by atoms with van der Waals surface area (Å²) in [6, 6.07) is 0. The third-order valence-corrected chi connectivity index (χ3v) is 3.58. The standard InChI is InChI=1S/C19H23N3/c1-5-8-9-11-15(4)18-13-21-22-14-17(12-20-19(18)22)16(7-3)10-6-2/h5-8,10,12-14H,4,9,11H2,1-3H3/b8-5-,10-6-,16-7+. The van der Waals surface area contributed by atoms with Crippen molar-refractivity contribution in [2.24, 2.45) is 0 Å².